The number of aromatic nitrogens is 1. The molecule has 2 aliphatic heterocycles. The Balaban J connectivity index is 1.51. The minimum Gasteiger partial charge on any atom is -0.477 e. The number of pyridine rings is 1. The zero-order valence-corrected chi connectivity index (χ0v) is 18.2. The van der Waals surface area contributed by atoms with Crippen LogP contribution in [0.15, 0.2) is 47.4 Å². The van der Waals surface area contributed by atoms with Gasteiger partial charge in [-0.1, -0.05) is 30.3 Å². The van der Waals surface area contributed by atoms with Crippen LogP contribution in [-0.2, 0) is 12.8 Å². The average Bonchev–Trinajstić information content (AvgIpc) is 2.78. The maximum absolute atomic E-state index is 15.4. The molecule has 1 N–H and O–H groups in total. The molecule has 1 saturated heterocycles. The minimum atomic E-state index is -1.27. The van der Waals surface area contributed by atoms with E-state index in [1.54, 1.807) is 0 Å². The molecule has 32 heavy (non-hydrogen) atoms. The Morgan fingerprint density at radius 3 is 2.56 bits per heavy atom. The lowest BCUT2D eigenvalue weighted by atomic mass is 9.88. The SMILES string of the molecule is CC1CCc2c(N3CCC(Cc4ccccc4)CC3)c(F)cc3c(=O)c(C(=O)O)cn1c23. The average molecular weight is 435 g/mol. The Hall–Kier alpha value is -3.15. The summed E-state index contributed by atoms with van der Waals surface area (Å²) in [7, 11) is 0. The summed E-state index contributed by atoms with van der Waals surface area (Å²) in [6, 6.07) is 11.8. The second-order valence-electron chi connectivity index (χ2n) is 9.17. The normalized spacial score (nSPS) is 18.8. The molecule has 1 atom stereocenters. The molecule has 1 unspecified atom stereocenters. The number of piperidine rings is 1. The molecule has 3 aromatic rings. The van der Waals surface area contributed by atoms with E-state index in [1.165, 1.54) is 17.8 Å². The third-order valence-corrected chi connectivity index (χ3v) is 7.16. The van der Waals surface area contributed by atoms with Gasteiger partial charge in [0.1, 0.15) is 11.4 Å². The van der Waals surface area contributed by atoms with E-state index in [0.717, 1.165) is 44.3 Å². The van der Waals surface area contributed by atoms with Crippen molar-refractivity contribution < 1.29 is 14.3 Å². The second-order valence-corrected chi connectivity index (χ2v) is 9.17. The smallest absolute Gasteiger partial charge is 0.341 e. The number of hydrogen-bond donors (Lipinski definition) is 1. The number of rotatable bonds is 4. The van der Waals surface area contributed by atoms with Crippen molar-refractivity contribution >= 4 is 22.6 Å². The van der Waals surface area contributed by atoms with Crippen molar-refractivity contribution in [3.63, 3.8) is 0 Å². The minimum absolute atomic E-state index is 0.0543. The highest BCUT2D eigenvalue weighted by Crippen LogP contribution is 2.39. The van der Waals surface area contributed by atoms with Crippen molar-refractivity contribution in [3.05, 3.63) is 75.3 Å². The second kappa shape index (κ2) is 8.08. The Morgan fingerprint density at radius 1 is 1.16 bits per heavy atom. The number of hydrogen-bond acceptors (Lipinski definition) is 3. The number of halogens is 1. The highest BCUT2D eigenvalue weighted by atomic mass is 19.1. The molecule has 0 saturated carbocycles. The highest BCUT2D eigenvalue weighted by Gasteiger charge is 2.30. The van der Waals surface area contributed by atoms with E-state index in [4.69, 9.17) is 0 Å². The first-order valence-electron chi connectivity index (χ1n) is 11.4. The van der Waals surface area contributed by atoms with Gasteiger partial charge in [0, 0.05) is 36.3 Å². The van der Waals surface area contributed by atoms with Crippen molar-refractivity contribution in [1.82, 2.24) is 4.57 Å². The lowest BCUT2D eigenvalue weighted by Gasteiger charge is -2.37. The molecule has 2 aliphatic rings. The van der Waals surface area contributed by atoms with Gasteiger partial charge in [0.15, 0.2) is 0 Å². The maximum atomic E-state index is 15.4. The lowest BCUT2D eigenvalue weighted by Crippen LogP contribution is -2.36. The maximum Gasteiger partial charge on any atom is 0.341 e. The molecule has 3 heterocycles. The summed E-state index contributed by atoms with van der Waals surface area (Å²) < 4.78 is 17.3. The Kier molecular flexibility index (Phi) is 5.24. The number of carboxylic acids is 1. The number of carboxylic acid groups (broad SMARTS) is 1. The van der Waals surface area contributed by atoms with E-state index in [0.29, 0.717) is 23.5 Å². The Morgan fingerprint density at radius 2 is 1.88 bits per heavy atom. The van der Waals surface area contributed by atoms with Crippen LogP contribution < -0.4 is 10.3 Å². The summed E-state index contributed by atoms with van der Waals surface area (Å²) in [5, 5.41) is 9.63. The third-order valence-electron chi connectivity index (χ3n) is 7.16. The first-order chi connectivity index (χ1) is 15.4. The van der Waals surface area contributed by atoms with Crippen LogP contribution in [0.2, 0.25) is 0 Å². The molecule has 0 amide bonds. The first kappa shape index (κ1) is 20.7. The van der Waals surface area contributed by atoms with Crippen LogP contribution in [0.1, 0.15) is 53.7 Å². The predicted molar refractivity (Wildman–Crippen MR) is 123 cm³/mol. The summed E-state index contributed by atoms with van der Waals surface area (Å²) in [4.78, 5) is 26.5. The molecule has 1 aromatic heterocycles. The van der Waals surface area contributed by atoms with Gasteiger partial charge >= 0.3 is 5.97 Å². The molecule has 0 spiro atoms. The molecule has 0 radical (unpaired) electrons. The van der Waals surface area contributed by atoms with Crippen LogP contribution in [0.25, 0.3) is 10.9 Å². The monoisotopic (exact) mass is 434 g/mol. The molecule has 0 bridgehead atoms. The van der Waals surface area contributed by atoms with Crippen LogP contribution in [-0.4, -0.2) is 28.7 Å². The molecular formula is C26H27FN2O3. The largest absolute Gasteiger partial charge is 0.477 e. The molecular weight excluding hydrogens is 407 g/mol. The van der Waals surface area contributed by atoms with E-state index in [1.807, 2.05) is 17.6 Å². The van der Waals surface area contributed by atoms with E-state index in [2.05, 4.69) is 29.2 Å². The summed E-state index contributed by atoms with van der Waals surface area (Å²) in [5.74, 6) is -1.12. The molecule has 166 valence electrons. The van der Waals surface area contributed by atoms with Gasteiger partial charge in [-0.15, -0.1) is 0 Å². The number of anilines is 1. The van der Waals surface area contributed by atoms with E-state index in [-0.39, 0.29) is 17.0 Å². The van der Waals surface area contributed by atoms with Crippen molar-refractivity contribution in [1.29, 1.82) is 0 Å². The summed E-state index contributed by atoms with van der Waals surface area (Å²) in [5.41, 5.74) is 2.57. The van der Waals surface area contributed by atoms with Crippen LogP contribution in [0.5, 0.6) is 0 Å². The zero-order chi connectivity index (χ0) is 22.4. The van der Waals surface area contributed by atoms with Gasteiger partial charge in [0.25, 0.3) is 0 Å². The van der Waals surface area contributed by atoms with Gasteiger partial charge in [-0.3, -0.25) is 4.79 Å². The van der Waals surface area contributed by atoms with Crippen molar-refractivity contribution in [2.45, 2.75) is 45.1 Å². The quantitative estimate of drug-likeness (QED) is 0.640. The Labute approximate surface area is 186 Å². The molecule has 5 nitrogen and oxygen atoms in total. The number of aryl methyl sites for hydroxylation is 1. The highest BCUT2D eigenvalue weighted by molar-refractivity contribution is 5.95. The Bertz CT molecular complexity index is 1240. The van der Waals surface area contributed by atoms with Crippen LogP contribution in [0, 0.1) is 11.7 Å². The van der Waals surface area contributed by atoms with Gasteiger partial charge in [-0.2, -0.15) is 0 Å². The molecule has 1 fully saturated rings. The fourth-order valence-electron chi connectivity index (χ4n) is 5.44. The van der Waals surface area contributed by atoms with Gasteiger partial charge in [-0.05, 0) is 56.6 Å². The van der Waals surface area contributed by atoms with Crippen LogP contribution in [0.3, 0.4) is 0 Å². The number of carbonyl (C=O) groups is 1. The van der Waals surface area contributed by atoms with Crippen LogP contribution >= 0.6 is 0 Å². The van der Waals surface area contributed by atoms with E-state index < -0.39 is 17.2 Å². The third kappa shape index (κ3) is 3.48. The zero-order valence-electron chi connectivity index (χ0n) is 18.2. The van der Waals surface area contributed by atoms with Gasteiger partial charge in [0.2, 0.25) is 5.43 Å². The van der Waals surface area contributed by atoms with Gasteiger partial charge < -0.3 is 14.6 Å². The summed E-state index contributed by atoms with van der Waals surface area (Å²) in [6.45, 7) is 3.57. The van der Waals surface area contributed by atoms with E-state index >= 15 is 4.39 Å². The van der Waals surface area contributed by atoms with Crippen LogP contribution in [0.4, 0.5) is 10.1 Å². The fourth-order valence-corrected chi connectivity index (χ4v) is 5.44. The number of nitrogens with zero attached hydrogens (tertiary/aromatic N) is 2. The van der Waals surface area contributed by atoms with Gasteiger partial charge in [0.05, 0.1) is 11.2 Å². The summed E-state index contributed by atoms with van der Waals surface area (Å²) in [6.07, 6.45) is 5.93. The molecule has 0 aliphatic carbocycles. The number of aromatic carboxylic acids is 1. The van der Waals surface area contributed by atoms with Gasteiger partial charge in [-0.25, -0.2) is 9.18 Å². The standard InChI is InChI=1S/C26H27FN2O3/c1-16-7-8-19-23-20(25(30)21(26(31)32)15-29(16)23)14-22(27)24(19)28-11-9-18(10-12-28)13-17-5-3-2-4-6-17/h2-6,14-16,18H,7-13H2,1H3,(H,31,32). The first-order valence-corrected chi connectivity index (χ1v) is 11.4. The molecule has 5 rings (SSSR count). The fraction of sp³-hybridized carbons (Fsp3) is 0.385. The topological polar surface area (TPSA) is 62.5 Å². The van der Waals surface area contributed by atoms with Crippen molar-refractivity contribution in [2.24, 2.45) is 5.92 Å². The van der Waals surface area contributed by atoms with E-state index in [9.17, 15) is 14.7 Å². The number of benzene rings is 2. The van der Waals surface area contributed by atoms with Crippen molar-refractivity contribution in [3.8, 4) is 0 Å². The van der Waals surface area contributed by atoms with Crippen molar-refractivity contribution in [2.75, 3.05) is 18.0 Å². The summed E-state index contributed by atoms with van der Waals surface area (Å²) >= 11 is 0. The predicted octanol–water partition coefficient (Wildman–Crippen LogP) is 4.81. The molecule has 6 heteroatoms. The molecule has 2 aromatic carbocycles. The lowest BCUT2D eigenvalue weighted by molar-refractivity contribution is 0.0694.